The van der Waals surface area contributed by atoms with Crippen molar-refractivity contribution in [1.82, 2.24) is 0 Å². The minimum absolute atomic E-state index is 0.169. The van der Waals surface area contributed by atoms with Crippen molar-refractivity contribution in [2.45, 2.75) is 52.1 Å². The van der Waals surface area contributed by atoms with Crippen molar-refractivity contribution in [2.24, 2.45) is 17.3 Å². The van der Waals surface area contributed by atoms with E-state index in [0.717, 1.165) is 19.3 Å². The number of hydrogen-bond donors (Lipinski definition) is 0. The zero-order valence-electron chi connectivity index (χ0n) is 11.2. The van der Waals surface area contributed by atoms with Crippen LogP contribution in [0.4, 0.5) is 0 Å². The van der Waals surface area contributed by atoms with Gasteiger partial charge in [0.1, 0.15) is 12.6 Å². The fourth-order valence-corrected chi connectivity index (χ4v) is 4.14. The van der Waals surface area contributed by atoms with Crippen LogP contribution in [0.1, 0.15) is 46.0 Å². The molecule has 0 N–H and O–H groups in total. The van der Waals surface area contributed by atoms with E-state index in [1.807, 2.05) is 0 Å². The predicted molar refractivity (Wildman–Crippen MR) is 65.6 cm³/mol. The van der Waals surface area contributed by atoms with Gasteiger partial charge in [-0.3, -0.25) is 4.79 Å². The van der Waals surface area contributed by atoms with Crippen LogP contribution in [0.25, 0.3) is 0 Å². The number of ether oxygens (including phenoxy) is 2. The van der Waals surface area contributed by atoms with Crippen LogP contribution in [-0.4, -0.2) is 25.8 Å². The van der Waals surface area contributed by atoms with E-state index in [1.54, 1.807) is 14.0 Å². The standard InChI is InChI=1S/C14H24O3/c1-10(15)11-6-7-12-13(17-9-16-3)5-4-8-14(11,12)2/h11-13H,4-9H2,1-3H3. The highest BCUT2D eigenvalue weighted by molar-refractivity contribution is 5.79. The maximum absolute atomic E-state index is 11.8. The van der Waals surface area contributed by atoms with Crippen molar-refractivity contribution in [2.75, 3.05) is 13.9 Å². The van der Waals surface area contributed by atoms with E-state index in [0.29, 0.717) is 18.5 Å². The molecular formula is C14H24O3. The molecule has 3 heteroatoms. The molecule has 0 aromatic rings. The third-order valence-corrected chi connectivity index (χ3v) is 4.95. The quantitative estimate of drug-likeness (QED) is 0.709. The molecule has 0 aromatic heterocycles. The van der Waals surface area contributed by atoms with E-state index in [-0.39, 0.29) is 17.4 Å². The fraction of sp³-hybridized carbons (Fsp3) is 0.929. The highest BCUT2D eigenvalue weighted by Gasteiger charge is 2.53. The minimum Gasteiger partial charge on any atom is -0.359 e. The second-order valence-corrected chi connectivity index (χ2v) is 5.86. The van der Waals surface area contributed by atoms with Gasteiger partial charge >= 0.3 is 0 Å². The van der Waals surface area contributed by atoms with E-state index in [1.165, 1.54) is 12.8 Å². The maximum Gasteiger partial charge on any atom is 0.146 e. The summed E-state index contributed by atoms with van der Waals surface area (Å²) < 4.78 is 10.8. The summed E-state index contributed by atoms with van der Waals surface area (Å²) in [5.41, 5.74) is 0.169. The Balaban J connectivity index is 2.10. The van der Waals surface area contributed by atoms with Crippen LogP contribution in [0, 0.1) is 17.3 Å². The molecule has 0 bridgehead atoms. The van der Waals surface area contributed by atoms with E-state index < -0.39 is 0 Å². The van der Waals surface area contributed by atoms with Gasteiger partial charge in [0.05, 0.1) is 6.10 Å². The van der Waals surface area contributed by atoms with Crippen LogP contribution >= 0.6 is 0 Å². The van der Waals surface area contributed by atoms with Crippen LogP contribution in [0.5, 0.6) is 0 Å². The monoisotopic (exact) mass is 240 g/mol. The van der Waals surface area contributed by atoms with Gasteiger partial charge < -0.3 is 9.47 Å². The van der Waals surface area contributed by atoms with Crippen LogP contribution < -0.4 is 0 Å². The third kappa shape index (κ3) is 2.27. The number of carbonyl (C=O) groups is 1. The molecule has 3 nitrogen and oxygen atoms in total. The normalized spacial score (nSPS) is 41.2. The van der Waals surface area contributed by atoms with Crippen molar-refractivity contribution in [3.8, 4) is 0 Å². The van der Waals surface area contributed by atoms with E-state index in [4.69, 9.17) is 9.47 Å². The number of hydrogen-bond acceptors (Lipinski definition) is 3. The zero-order valence-corrected chi connectivity index (χ0v) is 11.2. The van der Waals surface area contributed by atoms with Gasteiger partial charge in [-0.15, -0.1) is 0 Å². The Morgan fingerprint density at radius 1 is 1.35 bits per heavy atom. The van der Waals surface area contributed by atoms with Crippen LogP contribution in [0.15, 0.2) is 0 Å². The topological polar surface area (TPSA) is 35.5 Å². The molecule has 0 heterocycles. The SMILES string of the molecule is COCOC1CCCC2(C)C(C(C)=O)CCC12. The third-order valence-electron chi connectivity index (χ3n) is 4.95. The summed E-state index contributed by atoms with van der Waals surface area (Å²) in [6.07, 6.45) is 5.94. The van der Waals surface area contributed by atoms with Gasteiger partial charge in [0.25, 0.3) is 0 Å². The summed E-state index contributed by atoms with van der Waals surface area (Å²) in [4.78, 5) is 11.8. The van der Waals surface area contributed by atoms with Gasteiger partial charge in [0.15, 0.2) is 0 Å². The largest absolute Gasteiger partial charge is 0.359 e. The van der Waals surface area contributed by atoms with Crippen molar-refractivity contribution < 1.29 is 14.3 Å². The van der Waals surface area contributed by atoms with Crippen molar-refractivity contribution in [3.63, 3.8) is 0 Å². The van der Waals surface area contributed by atoms with Gasteiger partial charge in [0.2, 0.25) is 0 Å². The molecule has 0 saturated heterocycles. The van der Waals surface area contributed by atoms with Gasteiger partial charge in [0, 0.05) is 13.0 Å². The lowest BCUT2D eigenvalue weighted by Gasteiger charge is -2.44. The van der Waals surface area contributed by atoms with E-state index in [2.05, 4.69) is 6.92 Å². The van der Waals surface area contributed by atoms with Crippen molar-refractivity contribution >= 4 is 5.78 Å². The average Bonchev–Trinajstić information content (AvgIpc) is 2.63. The molecule has 4 unspecified atom stereocenters. The first-order valence-electron chi connectivity index (χ1n) is 6.70. The van der Waals surface area contributed by atoms with Gasteiger partial charge in [-0.1, -0.05) is 13.3 Å². The fourth-order valence-electron chi connectivity index (χ4n) is 4.14. The van der Waals surface area contributed by atoms with Crippen LogP contribution in [0.3, 0.4) is 0 Å². The molecule has 2 aliphatic rings. The molecular weight excluding hydrogens is 216 g/mol. The summed E-state index contributed by atoms with van der Waals surface area (Å²) in [5, 5.41) is 0. The highest BCUT2D eigenvalue weighted by Crippen LogP contribution is 2.56. The molecule has 0 spiro atoms. The Kier molecular flexibility index (Phi) is 3.88. The maximum atomic E-state index is 11.8. The van der Waals surface area contributed by atoms with E-state index >= 15 is 0 Å². The number of carbonyl (C=O) groups excluding carboxylic acids is 1. The Bertz CT molecular complexity index is 289. The summed E-state index contributed by atoms with van der Waals surface area (Å²) in [6, 6.07) is 0. The first-order chi connectivity index (χ1) is 8.09. The molecule has 17 heavy (non-hydrogen) atoms. The molecule has 2 rings (SSSR count). The second kappa shape index (κ2) is 5.07. The molecule has 0 aromatic carbocycles. The number of methoxy groups -OCH3 is 1. The second-order valence-electron chi connectivity index (χ2n) is 5.86. The minimum atomic E-state index is 0.169. The Morgan fingerprint density at radius 2 is 2.12 bits per heavy atom. The molecule has 0 aliphatic heterocycles. The Morgan fingerprint density at radius 3 is 2.76 bits per heavy atom. The molecule has 0 radical (unpaired) electrons. The number of rotatable bonds is 4. The molecule has 98 valence electrons. The summed E-state index contributed by atoms with van der Waals surface area (Å²) in [5.74, 6) is 1.16. The summed E-state index contributed by atoms with van der Waals surface area (Å²) in [6.45, 7) is 4.42. The molecule has 2 aliphatic carbocycles. The predicted octanol–water partition coefficient (Wildman–Crippen LogP) is 2.78. The Labute approximate surface area is 104 Å². The summed E-state index contributed by atoms with van der Waals surface area (Å²) in [7, 11) is 1.66. The van der Waals surface area contributed by atoms with Crippen molar-refractivity contribution in [1.29, 1.82) is 0 Å². The number of Topliss-reactive ketones (excluding diaryl/α,β-unsaturated/α-hetero) is 1. The molecule has 4 atom stereocenters. The first-order valence-corrected chi connectivity index (χ1v) is 6.70. The highest BCUT2D eigenvalue weighted by atomic mass is 16.7. The molecule has 2 saturated carbocycles. The van der Waals surface area contributed by atoms with Crippen molar-refractivity contribution in [3.05, 3.63) is 0 Å². The summed E-state index contributed by atoms with van der Waals surface area (Å²) >= 11 is 0. The first kappa shape index (κ1) is 13.0. The Hall–Kier alpha value is -0.410. The van der Waals surface area contributed by atoms with Gasteiger partial charge in [-0.2, -0.15) is 0 Å². The van der Waals surface area contributed by atoms with Crippen LogP contribution in [-0.2, 0) is 14.3 Å². The number of ketones is 1. The molecule has 0 amide bonds. The number of fused-ring (bicyclic) bond motifs is 1. The zero-order chi connectivity index (χ0) is 12.5. The smallest absolute Gasteiger partial charge is 0.146 e. The van der Waals surface area contributed by atoms with Crippen LogP contribution in [0.2, 0.25) is 0 Å². The lowest BCUT2D eigenvalue weighted by molar-refractivity contribution is -0.137. The lowest BCUT2D eigenvalue weighted by atomic mass is 9.63. The lowest BCUT2D eigenvalue weighted by Crippen LogP contribution is -2.42. The molecule has 2 fully saturated rings. The average molecular weight is 240 g/mol. The van der Waals surface area contributed by atoms with Gasteiger partial charge in [-0.05, 0) is 43.9 Å². The van der Waals surface area contributed by atoms with E-state index in [9.17, 15) is 4.79 Å². The van der Waals surface area contributed by atoms with Gasteiger partial charge in [-0.25, -0.2) is 0 Å².